The zero-order chi connectivity index (χ0) is 36.3. The van der Waals surface area contributed by atoms with Crippen LogP contribution >= 0.6 is 0 Å². The molecule has 0 saturated carbocycles. The molecule has 10 rings (SSSR count). The molecule has 0 spiro atoms. The van der Waals surface area contributed by atoms with Crippen LogP contribution in [0.15, 0.2) is 158 Å². The van der Waals surface area contributed by atoms with E-state index in [1.54, 1.807) is 0 Å². The van der Waals surface area contributed by atoms with Gasteiger partial charge in [0, 0.05) is 32.7 Å². The summed E-state index contributed by atoms with van der Waals surface area (Å²) in [5.41, 5.74) is 11.2. The number of para-hydroxylation sites is 2. The van der Waals surface area contributed by atoms with Gasteiger partial charge in [-0.05, 0) is 62.4 Å². The Balaban J connectivity index is 1.42. The molecule has 254 valence electrons. The largest absolute Gasteiger partial charge is 0.308 e. The first-order chi connectivity index (χ1) is 26.6. The number of aromatic nitrogens is 5. The molecule has 0 aliphatic heterocycles. The average Bonchev–Trinajstić information content (AvgIpc) is 3.72. The number of rotatable bonds is 5. The third kappa shape index (κ3) is 4.98. The Hall–Kier alpha value is -7.36. The predicted molar refractivity (Wildman–Crippen MR) is 219 cm³/mol. The van der Waals surface area contributed by atoms with Crippen molar-refractivity contribution in [2.45, 2.75) is 13.8 Å². The SMILES string of the molecule is Cc1ccc2c(c1)c1ccccc1n2-c1cc(C#N)cc(-n2c3ccccc3c3cc(C)ccc32)c1-c1nc(-c2ccccc2)nc(-c2ccccc2)n1. The summed E-state index contributed by atoms with van der Waals surface area (Å²) in [6.07, 6.45) is 0. The first-order valence-corrected chi connectivity index (χ1v) is 18.0. The lowest BCUT2D eigenvalue weighted by molar-refractivity contribution is 1.05. The molecule has 0 saturated heterocycles. The minimum atomic E-state index is 0.508. The fourth-order valence-corrected chi connectivity index (χ4v) is 7.87. The van der Waals surface area contributed by atoms with Crippen molar-refractivity contribution in [3.63, 3.8) is 0 Å². The summed E-state index contributed by atoms with van der Waals surface area (Å²) >= 11 is 0. The van der Waals surface area contributed by atoms with Crippen LogP contribution in [0.3, 0.4) is 0 Å². The van der Waals surface area contributed by atoms with Crippen LogP contribution in [0.4, 0.5) is 0 Å². The minimum absolute atomic E-state index is 0.508. The van der Waals surface area contributed by atoms with Crippen LogP contribution in [0.2, 0.25) is 0 Å². The van der Waals surface area contributed by atoms with Gasteiger partial charge in [0.25, 0.3) is 0 Å². The van der Waals surface area contributed by atoms with Crippen LogP contribution in [-0.4, -0.2) is 24.1 Å². The molecule has 6 heteroatoms. The van der Waals surface area contributed by atoms with Crippen LogP contribution in [0.5, 0.6) is 0 Å². The van der Waals surface area contributed by atoms with Crippen LogP contribution in [-0.2, 0) is 0 Å². The summed E-state index contributed by atoms with van der Waals surface area (Å²) in [5.74, 6) is 1.64. The fourth-order valence-electron chi connectivity index (χ4n) is 7.87. The van der Waals surface area contributed by atoms with Gasteiger partial charge in [0.05, 0.1) is 50.6 Å². The average molecular weight is 693 g/mol. The Morgan fingerprint density at radius 2 is 0.833 bits per heavy atom. The second-order valence-electron chi connectivity index (χ2n) is 13.8. The normalized spacial score (nSPS) is 11.5. The standard InChI is InChI=1S/C48H32N6/c1-30-21-23-41-37(25-30)35-17-9-11-19-39(35)53(41)43-27-32(29-49)28-44(54-40-20-12-10-18-36(40)38-26-31(2)22-24-42(38)54)45(43)48-51-46(33-13-5-3-6-14-33)50-47(52-48)34-15-7-4-8-16-34/h3-28H,1-2H3. The molecule has 7 aromatic carbocycles. The maximum atomic E-state index is 10.7. The summed E-state index contributed by atoms with van der Waals surface area (Å²) in [7, 11) is 0. The van der Waals surface area contributed by atoms with E-state index in [1.807, 2.05) is 72.8 Å². The molecule has 0 aliphatic rings. The summed E-state index contributed by atoms with van der Waals surface area (Å²) in [6, 6.07) is 56.6. The van der Waals surface area contributed by atoms with Crippen molar-refractivity contribution < 1.29 is 0 Å². The van der Waals surface area contributed by atoms with Gasteiger partial charge in [-0.1, -0.05) is 120 Å². The molecule has 3 heterocycles. The maximum Gasteiger partial charge on any atom is 0.168 e. The number of fused-ring (bicyclic) bond motifs is 6. The van der Waals surface area contributed by atoms with Crippen molar-refractivity contribution in [1.82, 2.24) is 24.1 Å². The summed E-state index contributed by atoms with van der Waals surface area (Å²) in [4.78, 5) is 15.7. The van der Waals surface area contributed by atoms with Crippen molar-refractivity contribution in [2.24, 2.45) is 0 Å². The lowest BCUT2D eigenvalue weighted by atomic mass is 10.0. The van der Waals surface area contributed by atoms with E-state index in [1.165, 1.54) is 11.1 Å². The van der Waals surface area contributed by atoms with E-state index in [9.17, 15) is 5.26 Å². The van der Waals surface area contributed by atoms with Gasteiger partial charge in [0.1, 0.15) is 0 Å². The number of nitriles is 1. The molecule has 10 aromatic rings. The molecule has 0 fully saturated rings. The molecular weight excluding hydrogens is 661 g/mol. The topological polar surface area (TPSA) is 72.3 Å². The van der Waals surface area contributed by atoms with E-state index in [0.29, 0.717) is 23.0 Å². The highest BCUT2D eigenvalue weighted by Crippen LogP contribution is 2.42. The summed E-state index contributed by atoms with van der Waals surface area (Å²) < 4.78 is 4.55. The van der Waals surface area contributed by atoms with Gasteiger partial charge in [-0.3, -0.25) is 0 Å². The molecule has 3 aromatic heterocycles. The lowest BCUT2D eigenvalue weighted by Gasteiger charge is -2.20. The third-order valence-electron chi connectivity index (χ3n) is 10.3. The van der Waals surface area contributed by atoms with Gasteiger partial charge in [-0.2, -0.15) is 5.26 Å². The van der Waals surface area contributed by atoms with Crippen molar-refractivity contribution >= 4 is 43.6 Å². The molecule has 0 atom stereocenters. The molecular formula is C48H32N6. The number of aryl methyl sites for hydroxylation is 2. The zero-order valence-corrected chi connectivity index (χ0v) is 29.7. The molecule has 0 unspecified atom stereocenters. The minimum Gasteiger partial charge on any atom is -0.308 e. The Kier molecular flexibility index (Phi) is 7.21. The highest BCUT2D eigenvalue weighted by molar-refractivity contribution is 6.12. The van der Waals surface area contributed by atoms with E-state index in [2.05, 4.69) is 114 Å². The monoisotopic (exact) mass is 692 g/mol. The maximum absolute atomic E-state index is 10.7. The van der Waals surface area contributed by atoms with Gasteiger partial charge in [-0.25, -0.2) is 15.0 Å². The zero-order valence-electron chi connectivity index (χ0n) is 29.7. The van der Waals surface area contributed by atoms with Gasteiger partial charge in [0.15, 0.2) is 17.5 Å². The van der Waals surface area contributed by atoms with E-state index in [0.717, 1.165) is 71.7 Å². The lowest BCUT2D eigenvalue weighted by Crippen LogP contribution is -2.08. The van der Waals surface area contributed by atoms with Crippen LogP contribution < -0.4 is 0 Å². The molecule has 0 radical (unpaired) electrons. The van der Waals surface area contributed by atoms with Gasteiger partial charge in [0.2, 0.25) is 0 Å². The van der Waals surface area contributed by atoms with Crippen LogP contribution in [0.25, 0.3) is 89.2 Å². The summed E-state index contributed by atoms with van der Waals surface area (Å²) in [6.45, 7) is 4.24. The summed E-state index contributed by atoms with van der Waals surface area (Å²) in [5, 5.41) is 15.3. The van der Waals surface area contributed by atoms with Crippen molar-refractivity contribution in [2.75, 3.05) is 0 Å². The Labute approximate surface area is 311 Å². The van der Waals surface area contributed by atoms with E-state index < -0.39 is 0 Å². The highest BCUT2D eigenvalue weighted by Gasteiger charge is 2.26. The Morgan fingerprint density at radius 3 is 1.30 bits per heavy atom. The first-order valence-electron chi connectivity index (χ1n) is 18.0. The molecule has 0 amide bonds. The molecule has 0 aliphatic carbocycles. The highest BCUT2D eigenvalue weighted by atomic mass is 15.1. The van der Waals surface area contributed by atoms with Gasteiger partial charge < -0.3 is 9.13 Å². The van der Waals surface area contributed by atoms with Crippen LogP contribution in [0.1, 0.15) is 16.7 Å². The van der Waals surface area contributed by atoms with Crippen molar-refractivity contribution in [1.29, 1.82) is 5.26 Å². The van der Waals surface area contributed by atoms with E-state index >= 15 is 0 Å². The number of nitrogens with zero attached hydrogens (tertiary/aromatic N) is 6. The second kappa shape index (κ2) is 12.4. The molecule has 0 N–H and O–H groups in total. The third-order valence-corrected chi connectivity index (χ3v) is 10.3. The number of hydrogen-bond acceptors (Lipinski definition) is 4. The quantitative estimate of drug-likeness (QED) is 0.180. The molecule has 54 heavy (non-hydrogen) atoms. The second-order valence-corrected chi connectivity index (χ2v) is 13.8. The van der Waals surface area contributed by atoms with E-state index in [4.69, 9.17) is 15.0 Å². The number of benzene rings is 7. The predicted octanol–water partition coefficient (Wildman–Crippen LogP) is 11.6. The Bertz CT molecular complexity index is 2930. The van der Waals surface area contributed by atoms with E-state index in [-0.39, 0.29) is 0 Å². The fraction of sp³-hybridized carbons (Fsp3) is 0.0417. The molecule has 0 bridgehead atoms. The smallest absolute Gasteiger partial charge is 0.168 e. The van der Waals surface area contributed by atoms with Crippen molar-refractivity contribution in [3.8, 4) is 51.6 Å². The molecule has 6 nitrogen and oxygen atoms in total. The Morgan fingerprint density at radius 1 is 0.426 bits per heavy atom. The van der Waals surface area contributed by atoms with Crippen LogP contribution in [0, 0.1) is 25.2 Å². The van der Waals surface area contributed by atoms with Gasteiger partial charge in [-0.15, -0.1) is 0 Å². The van der Waals surface area contributed by atoms with Crippen molar-refractivity contribution in [3.05, 3.63) is 174 Å². The number of hydrogen-bond donors (Lipinski definition) is 0. The van der Waals surface area contributed by atoms with Gasteiger partial charge >= 0.3 is 0 Å². The first kappa shape index (κ1) is 31.4.